The highest BCUT2D eigenvalue weighted by atomic mass is 19.1. The van der Waals surface area contributed by atoms with E-state index in [0.29, 0.717) is 17.9 Å². The summed E-state index contributed by atoms with van der Waals surface area (Å²) in [7, 11) is 1.44. The molecule has 4 heteroatoms. The number of nitrogens with zero attached hydrogens (tertiary/aromatic N) is 1. The first-order valence-electron chi connectivity index (χ1n) is 11.4. The van der Waals surface area contributed by atoms with Crippen molar-refractivity contribution in [2.45, 2.75) is 39.0 Å². The van der Waals surface area contributed by atoms with Crippen LogP contribution in [0.3, 0.4) is 0 Å². The molecular weight excluding hydrogens is 389 g/mol. The van der Waals surface area contributed by atoms with Crippen LogP contribution in [0, 0.1) is 12.8 Å². The Kier molecular flexibility index (Phi) is 6.86. The number of likely N-dealkylation sites (tertiary alicyclic amines) is 1. The van der Waals surface area contributed by atoms with Gasteiger partial charge in [-0.1, -0.05) is 36.4 Å². The Balaban J connectivity index is 1.50. The number of ether oxygens (including phenoxy) is 1. The Labute approximate surface area is 184 Å². The van der Waals surface area contributed by atoms with Gasteiger partial charge >= 0.3 is 5.97 Å². The molecule has 0 atom stereocenters. The fraction of sp³-hybridized carbons (Fsp3) is 0.444. The zero-order valence-electron chi connectivity index (χ0n) is 18.6. The molecule has 0 spiro atoms. The van der Waals surface area contributed by atoms with Gasteiger partial charge in [0.2, 0.25) is 0 Å². The van der Waals surface area contributed by atoms with E-state index in [1.165, 1.54) is 34.9 Å². The SMILES string of the molecule is COC(=O)c1ccc2c(c1C)CCCC=C2c1ccc(CC2CN(CCCF)C2)cc1. The van der Waals surface area contributed by atoms with Gasteiger partial charge in [0, 0.05) is 19.6 Å². The second kappa shape index (κ2) is 9.78. The Bertz CT molecular complexity index is 958. The van der Waals surface area contributed by atoms with E-state index in [0.717, 1.165) is 50.9 Å². The molecule has 0 bridgehead atoms. The maximum absolute atomic E-state index is 12.3. The fourth-order valence-electron chi connectivity index (χ4n) is 5.00. The van der Waals surface area contributed by atoms with Crippen molar-refractivity contribution in [3.8, 4) is 0 Å². The summed E-state index contributed by atoms with van der Waals surface area (Å²) in [5, 5.41) is 0. The summed E-state index contributed by atoms with van der Waals surface area (Å²) < 4.78 is 17.3. The molecule has 0 radical (unpaired) electrons. The van der Waals surface area contributed by atoms with Crippen molar-refractivity contribution in [2.75, 3.05) is 33.4 Å². The summed E-state index contributed by atoms with van der Waals surface area (Å²) in [5.74, 6) is 0.418. The molecule has 0 unspecified atom stereocenters. The summed E-state index contributed by atoms with van der Waals surface area (Å²) in [4.78, 5) is 14.5. The summed E-state index contributed by atoms with van der Waals surface area (Å²) >= 11 is 0. The minimum atomic E-state index is -0.265. The van der Waals surface area contributed by atoms with Crippen molar-refractivity contribution in [2.24, 2.45) is 5.92 Å². The number of carbonyl (C=O) groups is 1. The lowest BCUT2D eigenvalue weighted by atomic mass is 9.87. The molecule has 2 aromatic carbocycles. The van der Waals surface area contributed by atoms with Crippen LogP contribution in [0.1, 0.15) is 57.4 Å². The van der Waals surface area contributed by atoms with Crippen molar-refractivity contribution < 1.29 is 13.9 Å². The van der Waals surface area contributed by atoms with Gasteiger partial charge in [-0.2, -0.15) is 0 Å². The molecule has 4 rings (SSSR count). The molecule has 164 valence electrons. The predicted octanol–water partition coefficient (Wildman–Crippen LogP) is 5.38. The van der Waals surface area contributed by atoms with Gasteiger partial charge < -0.3 is 9.64 Å². The van der Waals surface area contributed by atoms with E-state index >= 15 is 0 Å². The largest absolute Gasteiger partial charge is 0.465 e. The maximum Gasteiger partial charge on any atom is 0.338 e. The van der Waals surface area contributed by atoms with Crippen molar-refractivity contribution >= 4 is 11.5 Å². The summed E-state index contributed by atoms with van der Waals surface area (Å²) in [5.41, 5.74) is 8.06. The molecule has 0 amide bonds. The number of carbonyl (C=O) groups excluding carboxylic acids is 1. The van der Waals surface area contributed by atoms with Crippen LogP contribution in [-0.2, 0) is 17.6 Å². The molecule has 1 aliphatic heterocycles. The third-order valence-electron chi connectivity index (χ3n) is 6.70. The normalized spacial score (nSPS) is 16.8. The number of halogens is 1. The second-order valence-corrected chi connectivity index (χ2v) is 8.84. The highest BCUT2D eigenvalue weighted by Crippen LogP contribution is 2.34. The van der Waals surface area contributed by atoms with E-state index < -0.39 is 0 Å². The molecule has 1 heterocycles. The quantitative estimate of drug-likeness (QED) is 0.562. The first-order valence-corrected chi connectivity index (χ1v) is 11.4. The standard InChI is InChI=1S/C27H32FNO2/c1-19-23-6-3-4-7-25(26(23)13-12-24(19)27(30)31-2)22-10-8-20(9-11-22)16-21-17-29(18-21)15-5-14-28/h7-13,21H,3-6,14-18H2,1-2H3. The second-order valence-electron chi connectivity index (χ2n) is 8.84. The molecule has 0 saturated carbocycles. The van der Waals surface area contributed by atoms with Gasteiger partial charge in [0.25, 0.3) is 0 Å². The number of benzene rings is 2. The molecule has 3 nitrogen and oxygen atoms in total. The van der Waals surface area contributed by atoms with Crippen molar-refractivity contribution in [3.05, 3.63) is 75.9 Å². The van der Waals surface area contributed by atoms with Gasteiger partial charge in [0.1, 0.15) is 0 Å². The molecule has 0 N–H and O–H groups in total. The Morgan fingerprint density at radius 3 is 2.65 bits per heavy atom. The number of alkyl halides is 1. The molecule has 2 aliphatic rings. The van der Waals surface area contributed by atoms with Crippen LogP contribution in [0.5, 0.6) is 0 Å². The van der Waals surface area contributed by atoms with Crippen LogP contribution in [0.2, 0.25) is 0 Å². The van der Waals surface area contributed by atoms with Gasteiger partial charge in [-0.05, 0) is 84.4 Å². The number of esters is 1. The van der Waals surface area contributed by atoms with E-state index in [2.05, 4.69) is 41.3 Å². The van der Waals surface area contributed by atoms with Crippen LogP contribution < -0.4 is 0 Å². The molecule has 2 aromatic rings. The zero-order chi connectivity index (χ0) is 21.8. The third-order valence-corrected chi connectivity index (χ3v) is 6.70. The van der Waals surface area contributed by atoms with Crippen LogP contribution in [0.15, 0.2) is 42.5 Å². The van der Waals surface area contributed by atoms with Crippen LogP contribution >= 0.6 is 0 Å². The fourth-order valence-corrected chi connectivity index (χ4v) is 5.00. The molecule has 1 fully saturated rings. The topological polar surface area (TPSA) is 29.5 Å². The van der Waals surface area contributed by atoms with E-state index in [-0.39, 0.29) is 12.6 Å². The van der Waals surface area contributed by atoms with Crippen LogP contribution in [-0.4, -0.2) is 44.3 Å². The first kappa shape index (κ1) is 21.8. The monoisotopic (exact) mass is 421 g/mol. The smallest absolute Gasteiger partial charge is 0.338 e. The Morgan fingerprint density at radius 2 is 1.94 bits per heavy atom. The molecule has 0 aromatic heterocycles. The molecule has 1 saturated heterocycles. The van der Waals surface area contributed by atoms with Gasteiger partial charge in [-0.15, -0.1) is 0 Å². The zero-order valence-corrected chi connectivity index (χ0v) is 18.6. The van der Waals surface area contributed by atoms with E-state index in [9.17, 15) is 9.18 Å². The minimum absolute atomic E-state index is 0.217. The highest BCUT2D eigenvalue weighted by molar-refractivity contribution is 5.93. The summed E-state index contributed by atoms with van der Waals surface area (Å²) in [6.45, 7) is 4.87. The average molecular weight is 422 g/mol. The number of hydrogen-bond donors (Lipinski definition) is 0. The van der Waals surface area contributed by atoms with Crippen molar-refractivity contribution in [3.63, 3.8) is 0 Å². The lowest BCUT2D eigenvalue weighted by Gasteiger charge is -2.39. The maximum atomic E-state index is 12.3. The van der Waals surface area contributed by atoms with Crippen molar-refractivity contribution in [1.82, 2.24) is 4.90 Å². The molecule has 1 aliphatic carbocycles. The number of hydrogen-bond acceptors (Lipinski definition) is 3. The number of methoxy groups -OCH3 is 1. The third kappa shape index (κ3) is 4.74. The number of fused-ring (bicyclic) bond motifs is 1. The summed E-state index contributed by atoms with van der Waals surface area (Å²) in [6.07, 6.45) is 7.18. The van der Waals surface area contributed by atoms with E-state index in [4.69, 9.17) is 4.74 Å². The van der Waals surface area contributed by atoms with E-state index in [1.54, 1.807) is 0 Å². The first-order chi connectivity index (χ1) is 15.1. The van der Waals surface area contributed by atoms with Crippen LogP contribution in [0.4, 0.5) is 4.39 Å². The number of rotatable bonds is 7. The van der Waals surface area contributed by atoms with E-state index in [1.807, 2.05) is 13.0 Å². The minimum Gasteiger partial charge on any atom is -0.465 e. The lowest BCUT2D eigenvalue weighted by molar-refractivity contribution is 0.0599. The van der Waals surface area contributed by atoms with Gasteiger partial charge in [-0.25, -0.2) is 4.79 Å². The van der Waals surface area contributed by atoms with Gasteiger partial charge in [0.05, 0.1) is 19.3 Å². The van der Waals surface area contributed by atoms with Gasteiger partial charge in [-0.3, -0.25) is 4.39 Å². The highest BCUT2D eigenvalue weighted by Gasteiger charge is 2.26. The molecule has 31 heavy (non-hydrogen) atoms. The molecular formula is C27H32FNO2. The predicted molar refractivity (Wildman–Crippen MR) is 123 cm³/mol. The Morgan fingerprint density at radius 1 is 1.16 bits per heavy atom. The van der Waals surface area contributed by atoms with Crippen molar-refractivity contribution in [1.29, 1.82) is 0 Å². The lowest BCUT2D eigenvalue weighted by Crippen LogP contribution is -2.47. The average Bonchev–Trinajstić information content (AvgIpc) is 2.98. The summed E-state index contributed by atoms with van der Waals surface area (Å²) in [6, 6.07) is 13.0. The Hall–Kier alpha value is -2.46. The number of allylic oxidation sites excluding steroid dienone is 1. The van der Waals surface area contributed by atoms with Gasteiger partial charge in [0.15, 0.2) is 0 Å². The van der Waals surface area contributed by atoms with Crippen LogP contribution in [0.25, 0.3) is 5.57 Å².